The molecular weight excluding hydrogens is 252 g/mol. The van der Waals surface area contributed by atoms with Gasteiger partial charge in [0.15, 0.2) is 0 Å². The van der Waals surface area contributed by atoms with E-state index in [2.05, 4.69) is 25.7 Å². The van der Waals surface area contributed by atoms with Crippen molar-refractivity contribution < 1.29 is 9.90 Å². The second-order valence-corrected chi connectivity index (χ2v) is 6.76. The molecule has 1 aliphatic heterocycles. The lowest BCUT2D eigenvalue weighted by atomic mass is 9.98. The first-order valence-electron chi connectivity index (χ1n) is 8.00. The predicted octanol–water partition coefficient (Wildman–Crippen LogP) is 2.11. The highest BCUT2D eigenvalue weighted by Gasteiger charge is 2.29. The first-order chi connectivity index (χ1) is 9.32. The van der Waals surface area contributed by atoms with Crippen molar-refractivity contribution in [2.45, 2.75) is 71.6 Å². The topological polar surface area (TPSA) is 43.8 Å². The molecule has 0 aromatic carbocycles. The lowest BCUT2D eigenvalue weighted by Crippen LogP contribution is -2.51. The molecule has 1 saturated heterocycles. The predicted molar refractivity (Wildman–Crippen MR) is 82.6 cm³/mol. The molecule has 0 saturated carbocycles. The second kappa shape index (κ2) is 7.99. The largest absolute Gasteiger partial charge is 0.392 e. The average molecular weight is 284 g/mol. The van der Waals surface area contributed by atoms with Crippen molar-refractivity contribution >= 4 is 5.91 Å². The molecule has 0 bridgehead atoms. The smallest absolute Gasteiger partial charge is 0.236 e. The van der Waals surface area contributed by atoms with Gasteiger partial charge in [-0.3, -0.25) is 9.69 Å². The molecule has 3 atom stereocenters. The van der Waals surface area contributed by atoms with Crippen LogP contribution in [0.4, 0.5) is 0 Å². The minimum absolute atomic E-state index is 0.140. The lowest BCUT2D eigenvalue weighted by Gasteiger charge is -2.38. The molecule has 118 valence electrons. The molecule has 1 heterocycles. The Morgan fingerprint density at radius 3 is 2.50 bits per heavy atom. The van der Waals surface area contributed by atoms with Crippen molar-refractivity contribution in [3.05, 3.63) is 0 Å². The van der Waals surface area contributed by atoms with Crippen LogP contribution in [-0.2, 0) is 4.79 Å². The van der Waals surface area contributed by atoms with Gasteiger partial charge in [0.2, 0.25) is 5.91 Å². The van der Waals surface area contributed by atoms with Crippen LogP contribution in [-0.4, -0.2) is 59.1 Å². The Balaban J connectivity index is 2.54. The first kappa shape index (κ1) is 17.4. The lowest BCUT2D eigenvalue weighted by molar-refractivity contribution is -0.134. The molecule has 4 nitrogen and oxygen atoms in total. The van der Waals surface area contributed by atoms with Crippen LogP contribution in [0.5, 0.6) is 0 Å². The monoisotopic (exact) mass is 284 g/mol. The molecular formula is C16H32N2O2. The Morgan fingerprint density at radius 2 is 1.95 bits per heavy atom. The molecule has 1 amide bonds. The molecule has 1 aliphatic rings. The van der Waals surface area contributed by atoms with Crippen LogP contribution in [0.3, 0.4) is 0 Å². The number of hydrogen-bond acceptors (Lipinski definition) is 3. The Kier molecular flexibility index (Phi) is 6.96. The zero-order valence-corrected chi connectivity index (χ0v) is 13.8. The number of likely N-dealkylation sites (N-methyl/N-ethyl adjacent to an activating group) is 1. The van der Waals surface area contributed by atoms with Gasteiger partial charge in [-0.05, 0) is 45.6 Å². The molecule has 0 spiro atoms. The van der Waals surface area contributed by atoms with Gasteiger partial charge in [-0.25, -0.2) is 0 Å². The number of piperidine rings is 1. The number of hydrogen-bond donors (Lipinski definition) is 1. The van der Waals surface area contributed by atoms with E-state index in [0.717, 1.165) is 32.2 Å². The zero-order chi connectivity index (χ0) is 15.3. The molecule has 3 unspecified atom stereocenters. The fourth-order valence-corrected chi connectivity index (χ4v) is 3.13. The standard InChI is InChI=1S/C16H32N2O2/c1-12(2)10-13(3)17(5)16(20)11-18-9-7-6-8-15(18)14(4)19/h12-15,19H,6-11H2,1-5H3. The fraction of sp³-hybridized carbons (Fsp3) is 0.938. The number of aliphatic hydroxyl groups is 1. The van der Waals surface area contributed by atoms with E-state index in [1.807, 2.05) is 18.9 Å². The summed E-state index contributed by atoms with van der Waals surface area (Å²) in [6.07, 6.45) is 3.95. The highest BCUT2D eigenvalue weighted by atomic mass is 16.3. The van der Waals surface area contributed by atoms with Crippen LogP contribution < -0.4 is 0 Å². The first-order valence-corrected chi connectivity index (χ1v) is 8.00. The summed E-state index contributed by atoms with van der Waals surface area (Å²) in [5.74, 6) is 0.770. The molecule has 0 aromatic heterocycles. The van der Waals surface area contributed by atoms with Gasteiger partial charge in [-0.1, -0.05) is 20.3 Å². The maximum Gasteiger partial charge on any atom is 0.236 e. The van der Waals surface area contributed by atoms with Crippen molar-refractivity contribution in [2.24, 2.45) is 5.92 Å². The van der Waals surface area contributed by atoms with Crippen LogP contribution in [0.1, 0.15) is 53.4 Å². The number of carbonyl (C=O) groups is 1. The quantitative estimate of drug-likeness (QED) is 0.812. The fourth-order valence-electron chi connectivity index (χ4n) is 3.13. The van der Waals surface area contributed by atoms with Gasteiger partial charge in [0.05, 0.1) is 12.6 Å². The maximum atomic E-state index is 12.4. The van der Waals surface area contributed by atoms with Gasteiger partial charge >= 0.3 is 0 Å². The van der Waals surface area contributed by atoms with E-state index in [4.69, 9.17) is 0 Å². The van der Waals surface area contributed by atoms with E-state index >= 15 is 0 Å². The summed E-state index contributed by atoms with van der Waals surface area (Å²) >= 11 is 0. The summed E-state index contributed by atoms with van der Waals surface area (Å²) in [4.78, 5) is 16.4. The number of aliphatic hydroxyl groups excluding tert-OH is 1. The van der Waals surface area contributed by atoms with E-state index < -0.39 is 0 Å². The maximum absolute atomic E-state index is 12.4. The Hall–Kier alpha value is -0.610. The molecule has 0 aliphatic carbocycles. The summed E-state index contributed by atoms with van der Waals surface area (Å²) < 4.78 is 0. The molecule has 20 heavy (non-hydrogen) atoms. The van der Waals surface area contributed by atoms with E-state index in [-0.39, 0.29) is 24.1 Å². The molecule has 0 aromatic rings. The normalized spacial score (nSPS) is 23.6. The van der Waals surface area contributed by atoms with E-state index in [1.54, 1.807) is 0 Å². The number of likely N-dealkylation sites (tertiary alicyclic amines) is 1. The third-order valence-electron chi connectivity index (χ3n) is 4.43. The Morgan fingerprint density at radius 1 is 1.30 bits per heavy atom. The van der Waals surface area contributed by atoms with Crippen molar-refractivity contribution in [2.75, 3.05) is 20.1 Å². The minimum Gasteiger partial charge on any atom is -0.392 e. The van der Waals surface area contributed by atoms with E-state index in [0.29, 0.717) is 12.5 Å². The average Bonchev–Trinajstić information content (AvgIpc) is 2.37. The van der Waals surface area contributed by atoms with Crippen molar-refractivity contribution in [1.82, 2.24) is 9.80 Å². The molecule has 0 radical (unpaired) electrons. The summed E-state index contributed by atoms with van der Waals surface area (Å²) in [5, 5.41) is 9.86. The van der Waals surface area contributed by atoms with Gasteiger partial charge in [0.25, 0.3) is 0 Å². The van der Waals surface area contributed by atoms with Gasteiger partial charge in [0, 0.05) is 19.1 Å². The SMILES string of the molecule is CC(C)CC(C)N(C)C(=O)CN1CCCCC1C(C)O. The summed E-state index contributed by atoms with van der Waals surface area (Å²) in [7, 11) is 1.90. The van der Waals surface area contributed by atoms with Crippen LogP contribution >= 0.6 is 0 Å². The van der Waals surface area contributed by atoms with Crippen LogP contribution in [0, 0.1) is 5.92 Å². The van der Waals surface area contributed by atoms with E-state index in [1.165, 1.54) is 0 Å². The van der Waals surface area contributed by atoms with Crippen molar-refractivity contribution in [1.29, 1.82) is 0 Å². The number of nitrogens with zero attached hydrogens (tertiary/aromatic N) is 2. The Labute approximate surface area is 124 Å². The van der Waals surface area contributed by atoms with Crippen molar-refractivity contribution in [3.8, 4) is 0 Å². The Bertz CT molecular complexity index is 305. The molecule has 4 heteroatoms. The molecule has 1 N–H and O–H groups in total. The third kappa shape index (κ3) is 5.06. The van der Waals surface area contributed by atoms with Gasteiger partial charge in [0.1, 0.15) is 0 Å². The van der Waals surface area contributed by atoms with Gasteiger partial charge in [-0.2, -0.15) is 0 Å². The third-order valence-corrected chi connectivity index (χ3v) is 4.43. The second-order valence-electron chi connectivity index (χ2n) is 6.76. The van der Waals surface area contributed by atoms with Gasteiger partial charge in [-0.15, -0.1) is 0 Å². The molecule has 1 fully saturated rings. The summed E-state index contributed by atoms with van der Waals surface area (Å²) in [5.41, 5.74) is 0. The van der Waals surface area contributed by atoms with Gasteiger partial charge < -0.3 is 10.0 Å². The highest BCUT2D eigenvalue weighted by Crippen LogP contribution is 2.20. The van der Waals surface area contributed by atoms with Crippen LogP contribution in [0.2, 0.25) is 0 Å². The number of amides is 1. The van der Waals surface area contributed by atoms with Crippen LogP contribution in [0.15, 0.2) is 0 Å². The minimum atomic E-state index is -0.360. The molecule has 1 rings (SSSR count). The zero-order valence-electron chi connectivity index (χ0n) is 13.8. The number of carbonyl (C=O) groups excluding carboxylic acids is 1. The summed E-state index contributed by atoms with van der Waals surface area (Å²) in [6.45, 7) is 9.67. The highest BCUT2D eigenvalue weighted by molar-refractivity contribution is 5.78. The number of rotatable bonds is 6. The van der Waals surface area contributed by atoms with Crippen LogP contribution in [0.25, 0.3) is 0 Å². The van der Waals surface area contributed by atoms with Crippen molar-refractivity contribution in [3.63, 3.8) is 0 Å². The summed E-state index contributed by atoms with van der Waals surface area (Å²) in [6, 6.07) is 0.416. The van der Waals surface area contributed by atoms with E-state index in [9.17, 15) is 9.90 Å².